The topological polar surface area (TPSA) is 177 Å². The molecular weight excluding hydrogens is 727 g/mol. The summed E-state index contributed by atoms with van der Waals surface area (Å²) < 4.78 is 0. The van der Waals surface area contributed by atoms with Gasteiger partial charge in [-0.1, -0.05) is 64.2 Å². The van der Waals surface area contributed by atoms with Crippen molar-refractivity contribution in [3.63, 3.8) is 0 Å². The molecule has 0 fully saturated rings. The summed E-state index contributed by atoms with van der Waals surface area (Å²) in [6, 6.07) is 0. The summed E-state index contributed by atoms with van der Waals surface area (Å²) in [5.41, 5.74) is 0. The van der Waals surface area contributed by atoms with Gasteiger partial charge in [0.2, 0.25) is 41.4 Å². The first-order valence-electron chi connectivity index (χ1n) is 22.1. The van der Waals surface area contributed by atoms with Gasteiger partial charge >= 0.3 is 0 Å². The number of amides is 7. The van der Waals surface area contributed by atoms with Gasteiger partial charge in [-0.25, -0.2) is 0 Å². The summed E-state index contributed by atoms with van der Waals surface area (Å²) in [6.07, 6.45) is 19.9. The molecule has 0 atom stereocenters. The van der Waals surface area contributed by atoms with Crippen LogP contribution in [0.15, 0.2) is 0 Å². The van der Waals surface area contributed by atoms with Gasteiger partial charge in [-0.05, 0) is 57.8 Å². The average molecular weight is 808 g/mol. The Bertz CT molecular complexity index is 1140. The van der Waals surface area contributed by atoms with Gasteiger partial charge < -0.3 is 36.0 Å². The normalized spacial score (nSPS) is 10.8. The van der Waals surface area contributed by atoms with Gasteiger partial charge in [0, 0.05) is 113 Å². The van der Waals surface area contributed by atoms with E-state index in [1.807, 2.05) is 9.80 Å². The summed E-state index contributed by atoms with van der Waals surface area (Å²) in [5, 5.41) is 11.2. The monoisotopic (exact) mass is 808 g/mol. The number of rotatable bonds is 37. The molecule has 330 valence electrons. The minimum atomic E-state index is -0.0755. The fourth-order valence-corrected chi connectivity index (χ4v) is 6.69. The van der Waals surface area contributed by atoms with Gasteiger partial charge in [0.1, 0.15) is 0 Å². The predicted octanol–water partition coefficient (Wildman–Crippen LogP) is 5.23. The lowest BCUT2D eigenvalue weighted by atomic mass is 10.0. The molecule has 0 aromatic rings. The molecule has 0 aliphatic rings. The zero-order chi connectivity index (χ0) is 42.5. The molecule has 14 nitrogen and oxygen atoms in total. The number of carbonyl (C=O) groups excluding carboxylic acids is 7. The van der Waals surface area contributed by atoms with Crippen LogP contribution in [0.5, 0.6) is 0 Å². The lowest BCUT2D eigenvalue weighted by molar-refractivity contribution is -0.132. The van der Waals surface area contributed by atoms with Crippen molar-refractivity contribution in [3.05, 3.63) is 0 Å². The summed E-state index contributed by atoms with van der Waals surface area (Å²) in [7, 11) is 0. The van der Waals surface area contributed by atoms with Gasteiger partial charge in [-0.3, -0.25) is 33.6 Å². The first-order chi connectivity index (χ1) is 27.3. The second-order valence-electron chi connectivity index (χ2n) is 15.4. The van der Waals surface area contributed by atoms with E-state index in [0.29, 0.717) is 91.1 Å². The van der Waals surface area contributed by atoms with E-state index in [2.05, 4.69) is 21.3 Å². The molecule has 0 rings (SSSR count). The van der Waals surface area contributed by atoms with Crippen molar-refractivity contribution >= 4 is 41.4 Å². The molecule has 0 aromatic carbocycles. The maximum absolute atomic E-state index is 13.1. The van der Waals surface area contributed by atoms with Crippen molar-refractivity contribution < 1.29 is 33.6 Å². The zero-order valence-electron chi connectivity index (χ0n) is 36.6. The van der Waals surface area contributed by atoms with Crippen LogP contribution in [0.25, 0.3) is 0 Å². The van der Waals surface area contributed by atoms with Crippen molar-refractivity contribution in [3.8, 4) is 0 Å². The molecular formula is C43H81N7O7. The van der Waals surface area contributed by atoms with Crippen molar-refractivity contribution in [1.82, 2.24) is 36.0 Å². The highest BCUT2D eigenvalue weighted by Crippen LogP contribution is 2.15. The van der Waals surface area contributed by atoms with Crippen LogP contribution in [0.1, 0.15) is 169 Å². The molecule has 0 spiro atoms. The minimum absolute atomic E-state index is 0.0139. The quantitative estimate of drug-likeness (QED) is 0.0622. The van der Waals surface area contributed by atoms with Gasteiger partial charge in [0.05, 0.1) is 0 Å². The molecule has 0 aromatic heterocycles. The second kappa shape index (κ2) is 36.6. The number of nitrogens with one attached hydrogen (secondary N) is 4. The van der Waals surface area contributed by atoms with Crippen LogP contribution in [0, 0.1) is 0 Å². The second-order valence-corrected chi connectivity index (χ2v) is 15.4. The summed E-state index contributed by atoms with van der Waals surface area (Å²) >= 11 is 0. The van der Waals surface area contributed by atoms with Crippen LogP contribution in [0.4, 0.5) is 0 Å². The van der Waals surface area contributed by atoms with Gasteiger partial charge in [-0.15, -0.1) is 0 Å². The smallest absolute Gasteiger partial charge is 0.222 e. The third-order valence-corrected chi connectivity index (χ3v) is 9.95. The fourth-order valence-electron chi connectivity index (χ4n) is 6.69. The lowest BCUT2D eigenvalue weighted by Gasteiger charge is -2.25. The van der Waals surface area contributed by atoms with E-state index in [1.54, 1.807) is 11.8 Å². The molecule has 0 heterocycles. The summed E-state index contributed by atoms with van der Waals surface area (Å²) in [4.78, 5) is 88.4. The predicted molar refractivity (Wildman–Crippen MR) is 227 cm³/mol. The van der Waals surface area contributed by atoms with E-state index in [4.69, 9.17) is 0 Å². The molecule has 0 saturated heterocycles. The first kappa shape index (κ1) is 53.3. The Morgan fingerprint density at radius 2 is 0.544 bits per heavy atom. The Hall–Kier alpha value is -3.71. The van der Waals surface area contributed by atoms with E-state index in [0.717, 1.165) is 70.6 Å². The van der Waals surface area contributed by atoms with Crippen LogP contribution in [0.2, 0.25) is 0 Å². The minimum Gasteiger partial charge on any atom is -0.356 e. The Morgan fingerprint density at radius 1 is 0.298 bits per heavy atom. The molecule has 57 heavy (non-hydrogen) atoms. The number of hydrogen-bond donors (Lipinski definition) is 4. The maximum atomic E-state index is 13.1. The molecule has 0 radical (unpaired) electrons. The largest absolute Gasteiger partial charge is 0.356 e. The van der Waals surface area contributed by atoms with Crippen molar-refractivity contribution in [2.45, 2.75) is 169 Å². The number of carbonyl (C=O) groups is 7. The third kappa shape index (κ3) is 35.2. The van der Waals surface area contributed by atoms with Crippen LogP contribution in [-0.4, -0.2) is 121 Å². The van der Waals surface area contributed by atoms with Crippen LogP contribution >= 0.6 is 0 Å². The summed E-state index contributed by atoms with van der Waals surface area (Å²) in [6.45, 7) is 13.6. The maximum Gasteiger partial charge on any atom is 0.222 e. The number of unbranched alkanes of at least 4 members (excludes halogenated alkanes) is 13. The van der Waals surface area contributed by atoms with Crippen LogP contribution < -0.4 is 21.3 Å². The SMILES string of the molecule is CC(=O)NCCCCN(CCCNC(C)=O)C(=O)CCCCCCCCCCCCCCC(=O)N(CCCCN(CCCNC(C)=O)C(C)=O)CCCNC(C)=O. The van der Waals surface area contributed by atoms with E-state index in [-0.39, 0.29) is 41.4 Å². The van der Waals surface area contributed by atoms with E-state index in [9.17, 15) is 33.6 Å². The van der Waals surface area contributed by atoms with E-state index in [1.165, 1.54) is 66.2 Å². The van der Waals surface area contributed by atoms with Crippen molar-refractivity contribution in [2.75, 3.05) is 65.4 Å². The Labute approximate surface area is 345 Å². The van der Waals surface area contributed by atoms with E-state index < -0.39 is 0 Å². The molecule has 0 aliphatic carbocycles. The van der Waals surface area contributed by atoms with Crippen molar-refractivity contribution in [1.29, 1.82) is 0 Å². The molecule has 0 bridgehead atoms. The molecule has 0 aliphatic heterocycles. The first-order valence-corrected chi connectivity index (χ1v) is 22.1. The average Bonchev–Trinajstić information content (AvgIpc) is 3.14. The Balaban J connectivity index is 4.23. The highest BCUT2D eigenvalue weighted by Gasteiger charge is 2.15. The molecule has 14 heteroatoms. The van der Waals surface area contributed by atoms with Gasteiger partial charge in [0.15, 0.2) is 0 Å². The molecule has 7 amide bonds. The lowest BCUT2D eigenvalue weighted by Crippen LogP contribution is -2.36. The van der Waals surface area contributed by atoms with Crippen molar-refractivity contribution in [2.24, 2.45) is 0 Å². The highest BCUT2D eigenvalue weighted by molar-refractivity contribution is 5.77. The molecule has 4 N–H and O–H groups in total. The standard InChI is InChI=1S/C43H81N7O7/c1-37(51)44-27-18-19-32-49(35-23-29-46-39(3)53)42(56)25-16-14-12-10-8-6-7-9-11-13-15-17-26-43(57)50(36-24-30-47-40(4)54)33-21-20-31-48(41(5)55)34-22-28-45-38(2)52/h6-36H2,1-5H3,(H,44,51)(H,45,52)(H,46,53)(H,47,54). The number of nitrogens with zero attached hydrogens (tertiary/aromatic N) is 3. The van der Waals surface area contributed by atoms with E-state index >= 15 is 0 Å². The highest BCUT2D eigenvalue weighted by atomic mass is 16.2. The van der Waals surface area contributed by atoms with Crippen LogP contribution in [0.3, 0.4) is 0 Å². The Morgan fingerprint density at radius 3 is 0.860 bits per heavy atom. The third-order valence-electron chi connectivity index (χ3n) is 9.95. The Kier molecular flexibility index (Phi) is 34.2. The summed E-state index contributed by atoms with van der Waals surface area (Å²) in [5.74, 6) is 0.103. The van der Waals surface area contributed by atoms with Gasteiger partial charge in [0.25, 0.3) is 0 Å². The van der Waals surface area contributed by atoms with Gasteiger partial charge in [-0.2, -0.15) is 0 Å². The zero-order valence-corrected chi connectivity index (χ0v) is 36.6. The fraction of sp³-hybridized carbons (Fsp3) is 0.837. The molecule has 0 unspecified atom stereocenters. The number of hydrogen-bond acceptors (Lipinski definition) is 7. The van der Waals surface area contributed by atoms with Crippen LogP contribution in [-0.2, 0) is 33.6 Å². The molecule has 0 saturated carbocycles.